The van der Waals surface area contributed by atoms with Crippen molar-refractivity contribution in [3.63, 3.8) is 0 Å². The van der Waals surface area contributed by atoms with Crippen molar-refractivity contribution in [1.29, 1.82) is 0 Å². The molecule has 0 radical (unpaired) electrons. The summed E-state index contributed by atoms with van der Waals surface area (Å²) >= 11 is 1.47. The van der Waals surface area contributed by atoms with E-state index in [1.807, 2.05) is 30.0 Å². The first-order chi connectivity index (χ1) is 14.7. The SMILES string of the molecule is C.O=C(NC1CC2CNCC2C1)c1cc(-c2cnn3cc(-c4cn[nH]c4)cnc23)cs1. The number of carbonyl (C=O) groups excluding carboxylic acids is 1. The Morgan fingerprint density at radius 3 is 2.74 bits per heavy atom. The molecule has 2 fully saturated rings. The lowest BCUT2D eigenvalue weighted by Gasteiger charge is -2.12. The van der Waals surface area contributed by atoms with Crippen LogP contribution in [0.25, 0.3) is 27.9 Å². The van der Waals surface area contributed by atoms with Crippen LogP contribution in [0.5, 0.6) is 0 Å². The largest absolute Gasteiger partial charge is 0.349 e. The van der Waals surface area contributed by atoms with Crippen molar-refractivity contribution in [3.05, 3.63) is 47.3 Å². The molecule has 2 atom stereocenters. The van der Waals surface area contributed by atoms with Crippen LogP contribution in [-0.4, -0.2) is 49.8 Å². The molecular formula is C22H25N7OS. The van der Waals surface area contributed by atoms with Crippen LogP contribution in [0, 0.1) is 11.8 Å². The Bertz CT molecular complexity index is 1200. The van der Waals surface area contributed by atoms with Crippen LogP contribution < -0.4 is 10.6 Å². The summed E-state index contributed by atoms with van der Waals surface area (Å²) in [6.07, 6.45) is 11.3. The minimum atomic E-state index is 0. The van der Waals surface area contributed by atoms with Gasteiger partial charge in [0.2, 0.25) is 0 Å². The average Bonchev–Trinajstić information content (AvgIpc) is 3.55. The van der Waals surface area contributed by atoms with E-state index in [0.29, 0.717) is 17.9 Å². The quantitative estimate of drug-likeness (QED) is 0.457. The third kappa shape index (κ3) is 3.53. The zero-order valence-electron chi connectivity index (χ0n) is 16.2. The molecule has 1 amide bonds. The van der Waals surface area contributed by atoms with Crippen LogP contribution in [0.1, 0.15) is 29.9 Å². The zero-order valence-corrected chi connectivity index (χ0v) is 17.0. The summed E-state index contributed by atoms with van der Waals surface area (Å²) in [7, 11) is 0. The molecule has 5 heterocycles. The number of aromatic amines is 1. The van der Waals surface area contributed by atoms with Gasteiger partial charge in [-0.25, -0.2) is 9.50 Å². The van der Waals surface area contributed by atoms with Crippen molar-refractivity contribution in [2.75, 3.05) is 13.1 Å². The molecule has 31 heavy (non-hydrogen) atoms. The predicted molar refractivity (Wildman–Crippen MR) is 121 cm³/mol. The van der Waals surface area contributed by atoms with Crippen LogP contribution in [0.15, 0.2) is 42.4 Å². The highest BCUT2D eigenvalue weighted by molar-refractivity contribution is 7.12. The maximum absolute atomic E-state index is 12.8. The molecule has 1 aliphatic heterocycles. The summed E-state index contributed by atoms with van der Waals surface area (Å²) in [5, 5.41) is 19.9. The summed E-state index contributed by atoms with van der Waals surface area (Å²) in [4.78, 5) is 18.1. The molecule has 0 bridgehead atoms. The number of nitrogens with zero attached hydrogens (tertiary/aromatic N) is 4. The van der Waals surface area contributed by atoms with Gasteiger partial charge in [-0.15, -0.1) is 11.3 Å². The van der Waals surface area contributed by atoms with Gasteiger partial charge >= 0.3 is 0 Å². The molecule has 0 spiro atoms. The Hall–Kier alpha value is -3.04. The fourth-order valence-electron chi connectivity index (χ4n) is 4.77. The van der Waals surface area contributed by atoms with E-state index in [4.69, 9.17) is 0 Å². The van der Waals surface area contributed by atoms with Crippen LogP contribution in [0.3, 0.4) is 0 Å². The number of amides is 1. The van der Waals surface area contributed by atoms with Crippen LogP contribution in [-0.2, 0) is 0 Å². The number of aromatic nitrogens is 5. The second-order valence-corrected chi connectivity index (χ2v) is 9.09. The second-order valence-electron chi connectivity index (χ2n) is 8.18. The summed E-state index contributed by atoms with van der Waals surface area (Å²) in [5.74, 6) is 1.45. The maximum atomic E-state index is 12.8. The van der Waals surface area contributed by atoms with E-state index in [-0.39, 0.29) is 13.3 Å². The number of fused-ring (bicyclic) bond motifs is 2. The van der Waals surface area contributed by atoms with Crippen molar-refractivity contribution < 1.29 is 4.79 Å². The van der Waals surface area contributed by atoms with E-state index in [1.54, 1.807) is 16.9 Å². The van der Waals surface area contributed by atoms with E-state index in [2.05, 4.69) is 30.9 Å². The van der Waals surface area contributed by atoms with Crippen LogP contribution in [0.4, 0.5) is 0 Å². The Morgan fingerprint density at radius 1 is 1.13 bits per heavy atom. The van der Waals surface area contributed by atoms with Gasteiger partial charge in [0.1, 0.15) is 0 Å². The number of hydrogen-bond acceptors (Lipinski definition) is 6. The Balaban J connectivity index is 0.00000204. The van der Waals surface area contributed by atoms with E-state index in [9.17, 15) is 4.79 Å². The smallest absolute Gasteiger partial charge is 0.261 e. The molecule has 0 aromatic carbocycles. The summed E-state index contributed by atoms with van der Waals surface area (Å²) in [6.45, 7) is 2.18. The van der Waals surface area contributed by atoms with Crippen molar-refractivity contribution in [1.82, 2.24) is 35.4 Å². The third-order valence-corrected chi connectivity index (χ3v) is 7.24. The van der Waals surface area contributed by atoms with Gasteiger partial charge < -0.3 is 10.6 Å². The highest BCUT2D eigenvalue weighted by Gasteiger charge is 2.37. The maximum Gasteiger partial charge on any atom is 0.261 e. The highest BCUT2D eigenvalue weighted by Crippen LogP contribution is 2.35. The molecule has 3 N–H and O–H groups in total. The Morgan fingerprint density at radius 2 is 1.97 bits per heavy atom. The van der Waals surface area contributed by atoms with Gasteiger partial charge in [0.05, 0.1) is 17.3 Å². The first-order valence-corrected chi connectivity index (χ1v) is 11.1. The van der Waals surface area contributed by atoms with Crippen molar-refractivity contribution in [2.45, 2.75) is 26.3 Å². The molecule has 8 nitrogen and oxygen atoms in total. The number of hydrogen-bond donors (Lipinski definition) is 3. The highest BCUT2D eigenvalue weighted by atomic mass is 32.1. The van der Waals surface area contributed by atoms with Gasteiger partial charge in [-0.1, -0.05) is 7.43 Å². The second kappa shape index (κ2) is 7.90. The summed E-state index contributed by atoms with van der Waals surface area (Å²) in [5.41, 5.74) is 4.56. The first kappa shape index (κ1) is 19.9. The van der Waals surface area contributed by atoms with Gasteiger partial charge in [-0.3, -0.25) is 9.89 Å². The standard InChI is InChI=1S/C21H21N7OS.CH4/c29-21(27-17-1-12-4-22-5-13(12)2-17)19-3-14(11-30-19)18-9-26-28-10-16(6-23-20(18)28)15-7-24-25-8-15;/h3,6-13,17,22H,1-2,4-5H2,(H,24,25)(H,27,29);1H4. The normalized spacial score (nSPS) is 22.4. The lowest BCUT2D eigenvalue weighted by Crippen LogP contribution is -2.33. The van der Waals surface area contributed by atoms with Crippen LogP contribution in [0.2, 0.25) is 0 Å². The lowest BCUT2D eigenvalue weighted by molar-refractivity contribution is 0.0940. The van der Waals surface area contributed by atoms with Gasteiger partial charge in [-0.05, 0) is 54.8 Å². The third-order valence-electron chi connectivity index (χ3n) is 6.31. The molecular weight excluding hydrogens is 410 g/mol. The molecule has 1 saturated carbocycles. The number of rotatable bonds is 4. The van der Waals surface area contributed by atoms with E-state index in [0.717, 1.165) is 58.7 Å². The fourth-order valence-corrected chi connectivity index (χ4v) is 5.58. The summed E-state index contributed by atoms with van der Waals surface area (Å²) in [6, 6.07) is 2.24. The van der Waals surface area contributed by atoms with E-state index in [1.165, 1.54) is 11.3 Å². The fraction of sp³-hybridized carbons (Fsp3) is 0.364. The molecule has 6 rings (SSSR count). The number of nitrogens with one attached hydrogen (secondary N) is 3. The van der Waals surface area contributed by atoms with Gasteiger partial charge in [0.15, 0.2) is 5.65 Å². The minimum absolute atomic E-state index is 0. The van der Waals surface area contributed by atoms with E-state index >= 15 is 0 Å². The Labute approximate surface area is 184 Å². The zero-order chi connectivity index (χ0) is 20.1. The monoisotopic (exact) mass is 435 g/mol. The number of thiophene rings is 1. The van der Waals surface area contributed by atoms with Crippen molar-refractivity contribution >= 4 is 22.9 Å². The molecule has 4 aromatic rings. The Kier molecular flexibility index (Phi) is 5.07. The molecule has 9 heteroatoms. The summed E-state index contributed by atoms with van der Waals surface area (Å²) < 4.78 is 1.76. The van der Waals surface area contributed by atoms with Gasteiger partial charge in [0, 0.05) is 41.3 Å². The lowest BCUT2D eigenvalue weighted by atomic mass is 10.0. The average molecular weight is 436 g/mol. The van der Waals surface area contributed by atoms with Crippen molar-refractivity contribution in [2.24, 2.45) is 11.8 Å². The number of carbonyl (C=O) groups is 1. The molecule has 160 valence electrons. The van der Waals surface area contributed by atoms with Crippen LogP contribution >= 0.6 is 11.3 Å². The molecule has 2 aliphatic rings. The van der Waals surface area contributed by atoms with Gasteiger partial charge in [-0.2, -0.15) is 10.2 Å². The molecule has 4 aromatic heterocycles. The molecule has 2 unspecified atom stereocenters. The van der Waals surface area contributed by atoms with Gasteiger partial charge in [0.25, 0.3) is 5.91 Å². The minimum Gasteiger partial charge on any atom is -0.349 e. The molecule has 1 aliphatic carbocycles. The first-order valence-electron chi connectivity index (χ1n) is 10.2. The van der Waals surface area contributed by atoms with Crippen molar-refractivity contribution in [3.8, 4) is 22.3 Å². The molecule has 1 saturated heterocycles. The number of H-pyrrole nitrogens is 1. The van der Waals surface area contributed by atoms with E-state index < -0.39 is 0 Å². The topological polar surface area (TPSA) is 100 Å². The predicted octanol–water partition coefficient (Wildman–Crippen LogP) is 3.21.